The molecule has 0 aliphatic carbocycles. The van der Waals surface area contributed by atoms with Crippen molar-refractivity contribution in [2.24, 2.45) is 0 Å². The molecule has 46 heavy (non-hydrogen) atoms. The fourth-order valence-corrected chi connectivity index (χ4v) is 3.89. The van der Waals surface area contributed by atoms with Crippen molar-refractivity contribution in [3.63, 3.8) is 0 Å². The SMILES string of the molecule is C(C#CC#Cc1ccc2c(c1)OCCOCCOCCOCCO2)#CC#Cc1ccc2c(c1)OCCOCCOCCOCCO2. The summed E-state index contributed by atoms with van der Waals surface area (Å²) in [5.74, 6) is 24.9. The molecule has 0 fully saturated rings. The van der Waals surface area contributed by atoms with Gasteiger partial charge in [-0.05, 0) is 71.9 Å². The van der Waals surface area contributed by atoms with Crippen LogP contribution in [0.4, 0.5) is 0 Å². The van der Waals surface area contributed by atoms with Crippen molar-refractivity contribution in [2.45, 2.75) is 0 Å². The number of fused-ring (bicyclic) bond motifs is 2. The zero-order valence-corrected chi connectivity index (χ0v) is 25.9. The predicted octanol–water partition coefficient (Wildman–Crippen LogP) is 2.74. The van der Waals surface area contributed by atoms with Gasteiger partial charge in [-0.3, -0.25) is 0 Å². The predicted molar refractivity (Wildman–Crippen MR) is 169 cm³/mol. The molecule has 0 N–H and O–H groups in total. The van der Waals surface area contributed by atoms with E-state index in [1.54, 1.807) is 0 Å². The molecular weight excluding hydrogens is 592 g/mol. The zero-order chi connectivity index (χ0) is 31.7. The Balaban J connectivity index is 1.32. The summed E-state index contributed by atoms with van der Waals surface area (Å²) in [5, 5.41) is 0. The van der Waals surface area contributed by atoms with Gasteiger partial charge in [0.25, 0.3) is 0 Å². The zero-order valence-electron chi connectivity index (χ0n) is 25.9. The van der Waals surface area contributed by atoms with Crippen molar-refractivity contribution in [2.75, 3.05) is 106 Å². The molecule has 0 aromatic heterocycles. The smallest absolute Gasteiger partial charge is 0.162 e. The number of benzene rings is 2. The molecule has 10 heteroatoms. The van der Waals surface area contributed by atoms with Crippen LogP contribution in [0.15, 0.2) is 36.4 Å². The van der Waals surface area contributed by atoms with Crippen LogP contribution >= 0.6 is 0 Å². The van der Waals surface area contributed by atoms with Gasteiger partial charge in [0, 0.05) is 11.1 Å². The maximum Gasteiger partial charge on any atom is 0.162 e. The van der Waals surface area contributed by atoms with Gasteiger partial charge in [0.15, 0.2) is 23.0 Å². The Morgan fingerprint density at radius 2 is 0.587 bits per heavy atom. The van der Waals surface area contributed by atoms with Crippen molar-refractivity contribution < 1.29 is 47.4 Å². The van der Waals surface area contributed by atoms with E-state index in [1.807, 2.05) is 36.4 Å². The average molecular weight is 631 g/mol. The molecule has 4 rings (SSSR count). The summed E-state index contributed by atoms with van der Waals surface area (Å²) in [5.41, 5.74) is 1.45. The van der Waals surface area contributed by atoms with E-state index in [0.717, 1.165) is 11.1 Å². The molecule has 2 aliphatic heterocycles. The Kier molecular flexibility index (Phi) is 16.7. The van der Waals surface area contributed by atoms with Crippen LogP contribution in [0, 0.1) is 47.4 Å². The highest BCUT2D eigenvalue weighted by atomic mass is 16.6. The van der Waals surface area contributed by atoms with Crippen LogP contribution in [0.3, 0.4) is 0 Å². The van der Waals surface area contributed by atoms with E-state index >= 15 is 0 Å². The highest BCUT2D eigenvalue weighted by molar-refractivity contribution is 5.52. The first kappa shape index (κ1) is 34.5. The van der Waals surface area contributed by atoms with E-state index in [9.17, 15) is 0 Å². The minimum absolute atomic E-state index is 0.368. The van der Waals surface area contributed by atoms with E-state index in [1.165, 1.54) is 0 Å². The maximum atomic E-state index is 5.89. The first-order valence-electron chi connectivity index (χ1n) is 15.2. The lowest BCUT2D eigenvalue weighted by Gasteiger charge is -2.13. The lowest BCUT2D eigenvalue weighted by atomic mass is 10.2. The van der Waals surface area contributed by atoms with Gasteiger partial charge in [-0.2, -0.15) is 0 Å². The Hall–Kier alpha value is -4.36. The molecule has 2 aliphatic rings. The molecule has 2 aromatic rings. The standard InChI is InChI=1S/C36H38O10/c1(3-5-7-31-9-11-33-35(29-31)45-27-23-41-19-15-37-13-17-39-21-25-43-33)2-4-6-8-32-10-12-34-36(30-32)46-28-24-42-20-16-38-14-18-40-22-26-44-34/h9-12,29-30H,13-28H2. The van der Waals surface area contributed by atoms with E-state index < -0.39 is 0 Å². The third-order valence-electron chi connectivity index (χ3n) is 6.04. The summed E-state index contributed by atoms with van der Waals surface area (Å²) in [4.78, 5) is 0. The largest absolute Gasteiger partial charge is 0.487 e. The second-order valence-corrected chi connectivity index (χ2v) is 9.39. The highest BCUT2D eigenvalue weighted by Crippen LogP contribution is 2.29. The Labute approximate surface area is 270 Å². The van der Waals surface area contributed by atoms with Crippen molar-refractivity contribution in [3.8, 4) is 70.4 Å². The topological polar surface area (TPSA) is 92.3 Å². The summed E-state index contributed by atoms with van der Waals surface area (Å²) < 4.78 is 56.4. The van der Waals surface area contributed by atoms with E-state index in [4.69, 9.17) is 47.4 Å². The van der Waals surface area contributed by atoms with Crippen LogP contribution in [0.25, 0.3) is 0 Å². The molecule has 0 saturated heterocycles. The molecule has 0 radical (unpaired) electrons. The molecule has 2 heterocycles. The minimum Gasteiger partial charge on any atom is -0.487 e. The van der Waals surface area contributed by atoms with Crippen molar-refractivity contribution in [1.29, 1.82) is 0 Å². The van der Waals surface area contributed by atoms with Gasteiger partial charge in [0.2, 0.25) is 0 Å². The Morgan fingerprint density at radius 1 is 0.304 bits per heavy atom. The summed E-state index contributed by atoms with van der Waals surface area (Å²) in [6.07, 6.45) is 0. The van der Waals surface area contributed by atoms with Gasteiger partial charge in [-0.15, -0.1) is 0 Å². The third-order valence-corrected chi connectivity index (χ3v) is 6.04. The molecule has 0 atom stereocenters. The Morgan fingerprint density at radius 3 is 0.935 bits per heavy atom. The van der Waals surface area contributed by atoms with Crippen molar-refractivity contribution >= 4 is 0 Å². The summed E-state index contributed by atoms with van der Waals surface area (Å²) in [6.45, 7) is 7.33. The van der Waals surface area contributed by atoms with Gasteiger partial charge in [-0.25, -0.2) is 0 Å². The van der Waals surface area contributed by atoms with E-state index in [-0.39, 0.29) is 0 Å². The number of hydrogen-bond donors (Lipinski definition) is 0. The van der Waals surface area contributed by atoms with E-state index in [0.29, 0.717) is 129 Å². The first-order chi connectivity index (χ1) is 22.9. The normalized spacial score (nSPS) is 17.0. The Bertz CT molecular complexity index is 1350. The van der Waals surface area contributed by atoms with Gasteiger partial charge >= 0.3 is 0 Å². The van der Waals surface area contributed by atoms with Gasteiger partial charge in [0.1, 0.15) is 26.4 Å². The number of ether oxygens (including phenoxy) is 10. The van der Waals surface area contributed by atoms with Crippen LogP contribution in [-0.2, 0) is 28.4 Å². The van der Waals surface area contributed by atoms with Crippen LogP contribution in [-0.4, -0.2) is 106 Å². The van der Waals surface area contributed by atoms with E-state index in [2.05, 4.69) is 47.4 Å². The lowest BCUT2D eigenvalue weighted by Crippen LogP contribution is -2.13. The molecule has 242 valence electrons. The van der Waals surface area contributed by atoms with Crippen LogP contribution in [0.5, 0.6) is 23.0 Å². The molecule has 0 bridgehead atoms. The average Bonchev–Trinajstić information content (AvgIpc) is 3.09. The van der Waals surface area contributed by atoms with Gasteiger partial charge in [0.05, 0.1) is 79.3 Å². The molecule has 2 aromatic carbocycles. The lowest BCUT2D eigenvalue weighted by molar-refractivity contribution is 0.00708. The van der Waals surface area contributed by atoms with Crippen LogP contribution in [0.1, 0.15) is 11.1 Å². The van der Waals surface area contributed by atoms with Gasteiger partial charge in [-0.1, -0.05) is 11.8 Å². The summed E-state index contributed by atoms with van der Waals surface area (Å²) in [6, 6.07) is 10.9. The van der Waals surface area contributed by atoms with Crippen LogP contribution < -0.4 is 18.9 Å². The third kappa shape index (κ3) is 14.2. The van der Waals surface area contributed by atoms with Crippen molar-refractivity contribution in [1.82, 2.24) is 0 Å². The molecule has 0 spiro atoms. The summed E-state index contributed by atoms with van der Waals surface area (Å²) in [7, 11) is 0. The minimum atomic E-state index is 0.368. The fourth-order valence-electron chi connectivity index (χ4n) is 3.89. The monoisotopic (exact) mass is 630 g/mol. The second kappa shape index (κ2) is 22.2. The molecule has 0 amide bonds. The first-order valence-corrected chi connectivity index (χ1v) is 15.2. The quantitative estimate of drug-likeness (QED) is 0.405. The molecule has 0 saturated carbocycles. The molecular formula is C36H38O10. The highest BCUT2D eigenvalue weighted by Gasteiger charge is 2.09. The maximum absolute atomic E-state index is 5.89. The fraction of sp³-hybridized carbons (Fsp3) is 0.444. The number of rotatable bonds is 0. The van der Waals surface area contributed by atoms with Crippen LogP contribution in [0.2, 0.25) is 0 Å². The molecule has 10 nitrogen and oxygen atoms in total. The second-order valence-electron chi connectivity index (χ2n) is 9.39. The van der Waals surface area contributed by atoms with Crippen molar-refractivity contribution in [3.05, 3.63) is 47.5 Å². The van der Waals surface area contributed by atoms with Gasteiger partial charge < -0.3 is 47.4 Å². The summed E-state index contributed by atoms with van der Waals surface area (Å²) >= 11 is 0. The number of hydrogen-bond acceptors (Lipinski definition) is 10. The molecule has 0 unspecified atom stereocenters.